The van der Waals surface area contributed by atoms with E-state index in [0.717, 1.165) is 43.6 Å². The molecule has 7 nitrogen and oxygen atoms in total. The lowest BCUT2D eigenvalue weighted by molar-refractivity contribution is 0.0746. The van der Waals surface area contributed by atoms with E-state index in [0.29, 0.717) is 18.7 Å². The quantitative estimate of drug-likeness (QED) is 0.829. The number of anilines is 2. The molecule has 2 aromatic rings. The number of rotatable bonds is 3. The van der Waals surface area contributed by atoms with Crippen molar-refractivity contribution < 1.29 is 4.79 Å². The Labute approximate surface area is 160 Å². The van der Waals surface area contributed by atoms with Crippen LogP contribution in [-0.2, 0) is 0 Å². The van der Waals surface area contributed by atoms with E-state index in [9.17, 15) is 4.79 Å². The average Bonchev–Trinajstić information content (AvgIpc) is 2.74. The molecule has 0 unspecified atom stereocenters. The van der Waals surface area contributed by atoms with Crippen molar-refractivity contribution in [3.05, 3.63) is 41.9 Å². The fourth-order valence-corrected chi connectivity index (χ4v) is 3.74. The lowest BCUT2D eigenvalue weighted by Gasteiger charge is -2.36. The summed E-state index contributed by atoms with van der Waals surface area (Å²) < 4.78 is 0. The number of carbonyl (C=O) groups is 1. The number of aryl methyl sites for hydroxylation is 1. The summed E-state index contributed by atoms with van der Waals surface area (Å²) in [5.41, 5.74) is 1.64. The van der Waals surface area contributed by atoms with Crippen LogP contribution in [0.15, 0.2) is 30.6 Å². The minimum Gasteiger partial charge on any atom is -0.353 e. The van der Waals surface area contributed by atoms with E-state index in [-0.39, 0.29) is 5.91 Å². The van der Waals surface area contributed by atoms with Gasteiger partial charge in [-0.1, -0.05) is 0 Å². The highest BCUT2D eigenvalue weighted by Crippen LogP contribution is 2.22. The van der Waals surface area contributed by atoms with E-state index in [2.05, 4.69) is 19.8 Å². The minimum absolute atomic E-state index is 0.0515. The van der Waals surface area contributed by atoms with Crippen LogP contribution in [0.25, 0.3) is 0 Å². The minimum atomic E-state index is 0.0515. The smallest absolute Gasteiger partial charge is 0.255 e. The lowest BCUT2D eigenvalue weighted by atomic mass is 10.1. The van der Waals surface area contributed by atoms with E-state index in [1.165, 1.54) is 19.3 Å². The molecule has 27 heavy (non-hydrogen) atoms. The number of piperazine rings is 1. The van der Waals surface area contributed by atoms with Gasteiger partial charge in [-0.15, -0.1) is 0 Å². The molecule has 4 rings (SSSR count). The van der Waals surface area contributed by atoms with Crippen LogP contribution in [-0.4, -0.2) is 65.0 Å². The molecule has 2 aliphatic heterocycles. The summed E-state index contributed by atoms with van der Waals surface area (Å²) in [7, 11) is 0. The van der Waals surface area contributed by atoms with Crippen molar-refractivity contribution in [2.24, 2.45) is 0 Å². The molecule has 2 saturated heterocycles. The third-order valence-corrected chi connectivity index (χ3v) is 5.27. The maximum atomic E-state index is 12.6. The van der Waals surface area contributed by atoms with Crippen LogP contribution in [0.5, 0.6) is 0 Å². The third kappa shape index (κ3) is 4.02. The summed E-state index contributed by atoms with van der Waals surface area (Å²) in [5.74, 6) is 1.87. The molecule has 0 aromatic carbocycles. The second-order valence-electron chi connectivity index (χ2n) is 7.24. The third-order valence-electron chi connectivity index (χ3n) is 5.27. The largest absolute Gasteiger partial charge is 0.353 e. The number of hydrogen-bond donors (Lipinski definition) is 0. The van der Waals surface area contributed by atoms with Crippen molar-refractivity contribution >= 4 is 17.7 Å². The fraction of sp³-hybridized carbons (Fsp3) is 0.500. The van der Waals surface area contributed by atoms with Gasteiger partial charge in [0.15, 0.2) is 0 Å². The number of amides is 1. The van der Waals surface area contributed by atoms with Gasteiger partial charge in [0.1, 0.15) is 5.82 Å². The monoisotopic (exact) mass is 366 g/mol. The number of hydrogen-bond acceptors (Lipinski definition) is 6. The van der Waals surface area contributed by atoms with Crippen LogP contribution in [0.1, 0.15) is 35.3 Å². The van der Waals surface area contributed by atoms with Gasteiger partial charge in [0.25, 0.3) is 5.91 Å². The van der Waals surface area contributed by atoms with Crippen molar-refractivity contribution in [2.45, 2.75) is 26.2 Å². The maximum Gasteiger partial charge on any atom is 0.255 e. The summed E-state index contributed by atoms with van der Waals surface area (Å²) in [5, 5.41) is 0. The molecule has 0 atom stereocenters. The molecular weight excluding hydrogens is 340 g/mol. The Balaban J connectivity index is 1.43. The van der Waals surface area contributed by atoms with Gasteiger partial charge < -0.3 is 14.7 Å². The fourth-order valence-electron chi connectivity index (χ4n) is 3.74. The molecule has 7 heteroatoms. The van der Waals surface area contributed by atoms with Crippen molar-refractivity contribution in [3.8, 4) is 0 Å². The predicted molar refractivity (Wildman–Crippen MR) is 105 cm³/mol. The highest BCUT2D eigenvalue weighted by atomic mass is 16.2. The molecule has 2 aromatic heterocycles. The Hall–Kier alpha value is -2.70. The van der Waals surface area contributed by atoms with Gasteiger partial charge in [-0.05, 0) is 38.3 Å². The Morgan fingerprint density at radius 2 is 1.74 bits per heavy atom. The van der Waals surface area contributed by atoms with Crippen LogP contribution in [0.4, 0.5) is 11.8 Å². The first kappa shape index (κ1) is 17.7. The molecular formula is C20H26N6O. The zero-order valence-corrected chi connectivity index (χ0v) is 15.8. The lowest BCUT2D eigenvalue weighted by Crippen LogP contribution is -2.49. The molecule has 0 radical (unpaired) electrons. The van der Waals surface area contributed by atoms with Gasteiger partial charge in [0.05, 0.1) is 5.56 Å². The average molecular weight is 366 g/mol. The first-order valence-corrected chi connectivity index (χ1v) is 9.75. The Morgan fingerprint density at radius 3 is 2.44 bits per heavy atom. The van der Waals surface area contributed by atoms with E-state index in [1.54, 1.807) is 18.5 Å². The zero-order chi connectivity index (χ0) is 18.6. The van der Waals surface area contributed by atoms with Gasteiger partial charge in [-0.3, -0.25) is 9.78 Å². The number of nitrogens with zero attached hydrogens (tertiary/aromatic N) is 6. The molecule has 1 amide bonds. The molecule has 0 aliphatic carbocycles. The van der Waals surface area contributed by atoms with E-state index in [4.69, 9.17) is 4.98 Å². The summed E-state index contributed by atoms with van der Waals surface area (Å²) in [4.78, 5) is 32.6. The van der Waals surface area contributed by atoms with Gasteiger partial charge in [-0.2, -0.15) is 4.98 Å². The van der Waals surface area contributed by atoms with Crippen LogP contribution in [0, 0.1) is 6.92 Å². The van der Waals surface area contributed by atoms with E-state index < -0.39 is 0 Å². The number of aromatic nitrogens is 3. The highest BCUT2D eigenvalue weighted by molar-refractivity contribution is 5.94. The van der Waals surface area contributed by atoms with Gasteiger partial charge in [0, 0.05) is 63.4 Å². The summed E-state index contributed by atoms with van der Waals surface area (Å²) in [6.45, 7) is 7.04. The zero-order valence-electron chi connectivity index (χ0n) is 15.8. The SMILES string of the molecule is Cc1cc(N2CCN(C(=O)c3cccnc3)CC2)nc(N2CCCCC2)n1. The molecule has 142 valence electrons. The maximum absolute atomic E-state index is 12.6. The standard InChI is InChI=1S/C20H26N6O/c1-16-14-18(23-20(22-16)26-8-3-2-4-9-26)24-10-12-25(13-11-24)19(27)17-6-5-7-21-15-17/h5-7,14-15H,2-4,8-13H2,1H3. The topological polar surface area (TPSA) is 65.5 Å². The van der Waals surface area contributed by atoms with Crippen LogP contribution in [0.2, 0.25) is 0 Å². The number of carbonyl (C=O) groups excluding carboxylic acids is 1. The van der Waals surface area contributed by atoms with Crippen molar-refractivity contribution in [1.82, 2.24) is 19.9 Å². The molecule has 4 heterocycles. The molecule has 2 aliphatic rings. The summed E-state index contributed by atoms with van der Waals surface area (Å²) in [6, 6.07) is 5.67. The molecule has 0 saturated carbocycles. The van der Waals surface area contributed by atoms with Crippen LogP contribution >= 0.6 is 0 Å². The van der Waals surface area contributed by atoms with Crippen LogP contribution in [0.3, 0.4) is 0 Å². The normalized spacial score (nSPS) is 17.9. The Kier molecular flexibility index (Phi) is 5.18. The first-order valence-electron chi connectivity index (χ1n) is 9.75. The van der Waals surface area contributed by atoms with Crippen molar-refractivity contribution in [3.63, 3.8) is 0 Å². The van der Waals surface area contributed by atoms with Gasteiger partial charge in [-0.25, -0.2) is 4.98 Å². The molecule has 2 fully saturated rings. The van der Waals surface area contributed by atoms with Crippen molar-refractivity contribution in [1.29, 1.82) is 0 Å². The highest BCUT2D eigenvalue weighted by Gasteiger charge is 2.24. The predicted octanol–water partition coefficient (Wildman–Crippen LogP) is 2.13. The second-order valence-corrected chi connectivity index (χ2v) is 7.24. The summed E-state index contributed by atoms with van der Waals surface area (Å²) in [6.07, 6.45) is 7.03. The van der Waals surface area contributed by atoms with Gasteiger partial charge >= 0.3 is 0 Å². The van der Waals surface area contributed by atoms with Crippen LogP contribution < -0.4 is 9.80 Å². The Morgan fingerprint density at radius 1 is 0.963 bits per heavy atom. The Bertz CT molecular complexity index is 782. The molecule has 0 N–H and O–H groups in total. The number of pyridine rings is 1. The molecule has 0 bridgehead atoms. The number of piperidine rings is 1. The summed E-state index contributed by atoms with van der Waals surface area (Å²) >= 11 is 0. The second kappa shape index (κ2) is 7.90. The first-order chi connectivity index (χ1) is 13.2. The van der Waals surface area contributed by atoms with Crippen molar-refractivity contribution in [2.75, 3.05) is 49.1 Å². The van der Waals surface area contributed by atoms with Gasteiger partial charge in [0.2, 0.25) is 5.95 Å². The van der Waals surface area contributed by atoms with E-state index in [1.807, 2.05) is 24.0 Å². The van der Waals surface area contributed by atoms with E-state index >= 15 is 0 Å². The molecule has 0 spiro atoms.